The molecule has 4 nitrogen and oxygen atoms in total. The van der Waals surface area contributed by atoms with Crippen LogP contribution in [0.15, 0.2) is 48.5 Å². The average molecular weight is 396 g/mol. The average Bonchev–Trinajstić information content (AvgIpc) is 3.15. The van der Waals surface area contributed by atoms with E-state index in [-0.39, 0.29) is 11.7 Å². The molecule has 0 N–H and O–H groups in total. The number of hydrogen-bond donors (Lipinski definition) is 0. The van der Waals surface area contributed by atoms with E-state index in [0.29, 0.717) is 42.9 Å². The van der Waals surface area contributed by atoms with E-state index in [4.69, 9.17) is 4.74 Å². The van der Waals surface area contributed by atoms with Crippen molar-refractivity contribution in [1.82, 2.24) is 9.88 Å². The molecule has 0 atom stereocenters. The number of nitrogens with zero attached hydrogens (tertiary/aromatic N) is 2. The Bertz CT molecular complexity index is 984. The van der Waals surface area contributed by atoms with Gasteiger partial charge in [0.15, 0.2) is 0 Å². The monoisotopic (exact) mass is 396 g/mol. The number of ether oxygens (including phenoxy) is 1. The lowest BCUT2D eigenvalue weighted by molar-refractivity contribution is -0.132. The number of carbonyl (C=O) groups is 1. The molecule has 1 aliphatic rings. The van der Waals surface area contributed by atoms with E-state index in [1.165, 1.54) is 17.4 Å². The van der Waals surface area contributed by atoms with Gasteiger partial charge in [0.1, 0.15) is 16.6 Å². The minimum atomic E-state index is -0.263. The molecule has 2 heterocycles. The van der Waals surface area contributed by atoms with Gasteiger partial charge in [0, 0.05) is 29.8 Å². The molecular formula is C22H21FN2O2S. The van der Waals surface area contributed by atoms with Gasteiger partial charge in [-0.15, -0.1) is 11.3 Å². The molecule has 28 heavy (non-hydrogen) atoms. The van der Waals surface area contributed by atoms with Crippen molar-refractivity contribution in [3.63, 3.8) is 0 Å². The van der Waals surface area contributed by atoms with E-state index >= 15 is 0 Å². The Balaban J connectivity index is 1.40. The van der Waals surface area contributed by atoms with Gasteiger partial charge < -0.3 is 9.64 Å². The number of aryl methyl sites for hydroxylation is 1. The predicted octanol–water partition coefficient (Wildman–Crippen LogP) is 4.48. The van der Waals surface area contributed by atoms with Crippen molar-refractivity contribution in [2.75, 3.05) is 13.7 Å². The van der Waals surface area contributed by atoms with Gasteiger partial charge in [-0.2, -0.15) is 0 Å². The Labute approximate surface area is 167 Å². The highest BCUT2D eigenvalue weighted by Crippen LogP contribution is 2.33. The Morgan fingerprint density at radius 3 is 2.75 bits per heavy atom. The lowest BCUT2D eigenvalue weighted by Gasteiger charge is -2.26. The third kappa shape index (κ3) is 3.92. The van der Waals surface area contributed by atoms with Crippen LogP contribution in [0.4, 0.5) is 4.39 Å². The van der Waals surface area contributed by atoms with Crippen molar-refractivity contribution < 1.29 is 13.9 Å². The molecule has 4 rings (SSSR count). The van der Waals surface area contributed by atoms with Crippen molar-refractivity contribution in [3.05, 3.63) is 70.5 Å². The first kappa shape index (κ1) is 18.6. The molecule has 0 saturated heterocycles. The van der Waals surface area contributed by atoms with Crippen LogP contribution in [0.3, 0.4) is 0 Å². The number of amides is 1. The van der Waals surface area contributed by atoms with Crippen molar-refractivity contribution in [1.29, 1.82) is 0 Å². The number of aromatic nitrogens is 1. The fourth-order valence-corrected chi connectivity index (χ4v) is 4.51. The lowest BCUT2D eigenvalue weighted by atomic mass is 10.1. The smallest absolute Gasteiger partial charge is 0.223 e. The lowest BCUT2D eigenvalue weighted by Crippen LogP contribution is -2.35. The molecule has 0 bridgehead atoms. The third-order valence-corrected chi connectivity index (χ3v) is 6.09. The summed E-state index contributed by atoms with van der Waals surface area (Å²) in [6, 6.07) is 14.5. The van der Waals surface area contributed by atoms with Crippen molar-refractivity contribution in [2.45, 2.75) is 25.8 Å². The number of thiazole rings is 1. The molecule has 1 amide bonds. The number of methoxy groups -OCH3 is 1. The summed E-state index contributed by atoms with van der Waals surface area (Å²) in [5, 5.41) is 0.690. The first-order chi connectivity index (χ1) is 13.6. The Hall–Kier alpha value is -2.73. The van der Waals surface area contributed by atoms with E-state index in [2.05, 4.69) is 4.98 Å². The van der Waals surface area contributed by atoms with Gasteiger partial charge in [-0.25, -0.2) is 9.37 Å². The normalized spacial score (nSPS) is 13.3. The van der Waals surface area contributed by atoms with Crippen molar-refractivity contribution in [2.24, 2.45) is 0 Å². The fourth-order valence-electron chi connectivity index (χ4n) is 3.36. The molecule has 1 aliphatic heterocycles. The molecule has 0 aliphatic carbocycles. The summed E-state index contributed by atoms with van der Waals surface area (Å²) < 4.78 is 19.2. The molecule has 3 aromatic rings. The molecule has 0 fully saturated rings. The molecule has 144 valence electrons. The van der Waals surface area contributed by atoms with Gasteiger partial charge in [0.25, 0.3) is 0 Å². The zero-order valence-corrected chi connectivity index (χ0v) is 16.5. The van der Waals surface area contributed by atoms with Crippen molar-refractivity contribution >= 4 is 17.2 Å². The molecule has 0 saturated carbocycles. The van der Waals surface area contributed by atoms with E-state index in [1.54, 1.807) is 19.2 Å². The molecule has 2 aromatic carbocycles. The standard InChI is InChI=1S/C22H21FN2O2S/c1-27-16-9-6-15(7-10-16)8-11-21(26)25-13-12-19-20(14-25)28-22(24-19)17-4-2-3-5-18(17)23/h2-7,9-10H,8,11-14H2,1H3. The van der Waals surface area contributed by atoms with Crippen LogP contribution in [0.2, 0.25) is 0 Å². The maximum absolute atomic E-state index is 14.0. The van der Waals surface area contributed by atoms with Gasteiger partial charge in [0.05, 0.1) is 19.3 Å². The molecule has 0 radical (unpaired) electrons. The van der Waals surface area contributed by atoms with Crippen molar-refractivity contribution in [3.8, 4) is 16.3 Å². The summed E-state index contributed by atoms with van der Waals surface area (Å²) >= 11 is 1.48. The highest BCUT2D eigenvalue weighted by molar-refractivity contribution is 7.15. The summed E-state index contributed by atoms with van der Waals surface area (Å²) in [5.41, 5.74) is 2.63. The van der Waals surface area contributed by atoms with Crippen LogP contribution in [0.25, 0.3) is 10.6 Å². The van der Waals surface area contributed by atoms with Gasteiger partial charge >= 0.3 is 0 Å². The SMILES string of the molecule is COc1ccc(CCC(=O)N2CCc3nc(-c4ccccc4F)sc3C2)cc1. The number of fused-ring (bicyclic) bond motifs is 1. The Morgan fingerprint density at radius 2 is 2.00 bits per heavy atom. The van der Waals surface area contributed by atoms with E-state index < -0.39 is 0 Å². The second kappa shape index (κ2) is 8.10. The van der Waals surface area contributed by atoms with Crippen LogP contribution in [-0.2, 0) is 24.2 Å². The van der Waals surface area contributed by atoms with Gasteiger partial charge in [-0.05, 0) is 36.2 Å². The highest BCUT2D eigenvalue weighted by Gasteiger charge is 2.24. The number of halogens is 1. The van der Waals surface area contributed by atoms with Crippen LogP contribution >= 0.6 is 11.3 Å². The predicted molar refractivity (Wildman–Crippen MR) is 108 cm³/mol. The molecule has 0 unspecified atom stereocenters. The second-order valence-corrected chi connectivity index (χ2v) is 7.87. The number of hydrogen-bond acceptors (Lipinski definition) is 4. The first-order valence-electron chi connectivity index (χ1n) is 9.28. The fraction of sp³-hybridized carbons (Fsp3) is 0.273. The largest absolute Gasteiger partial charge is 0.497 e. The molecular weight excluding hydrogens is 375 g/mol. The maximum atomic E-state index is 14.0. The highest BCUT2D eigenvalue weighted by atomic mass is 32.1. The number of benzene rings is 2. The van der Waals surface area contributed by atoms with Crippen LogP contribution in [0, 0.1) is 5.82 Å². The summed E-state index contributed by atoms with van der Waals surface area (Å²) in [6.07, 6.45) is 1.89. The number of rotatable bonds is 5. The van der Waals surface area contributed by atoms with Gasteiger partial charge in [-0.1, -0.05) is 24.3 Å². The molecule has 0 spiro atoms. The van der Waals surface area contributed by atoms with E-state index in [0.717, 1.165) is 21.9 Å². The van der Waals surface area contributed by atoms with Gasteiger partial charge in [0.2, 0.25) is 5.91 Å². The minimum Gasteiger partial charge on any atom is -0.497 e. The maximum Gasteiger partial charge on any atom is 0.223 e. The Kier molecular flexibility index (Phi) is 5.39. The van der Waals surface area contributed by atoms with E-state index in [1.807, 2.05) is 35.2 Å². The van der Waals surface area contributed by atoms with E-state index in [9.17, 15) is 9.18 Å². The van der Waals surface area contributed by atoms with Crippen LogP contribution in [0.5, 0.6) is 5.75 Å². The topological polar surface area (TPSA) is 42.4 Å². The summed E-state index contributed by atoms with van der Waals surface area (Å²) in [7, 11) is 1.64. The summed E-state index contributed by atoms with van der Waals surface area (Å²) in [6.45, 7) is 1.22. The zero-order chi connectivity index (χ0) is 19.5. The molecule has 6 heteroatoms. The Morgan fingerprint density at radius 1 is 1.21 bits per heavy atom. The number of carbonyl (C=O) groups excluding carboxylic acids is 1. The first-order valence-corrected chi connectivity index (χ1v) is 10.1. The molecule has 1 aromatic heterocycles. The third-order valence-electron chi connectivity index (χ3n) is 4.97. The summed E-state index contributed by atoms with van der Waals surface area (Å²) in [4.78, 5) is 20.2. The van der Waals surface area contributed by atoms with Gasteiger partial charge in [-0.3, -0.25) is 4.79 Å². The quantitative estimate of drug-likeness (QED) is 0.639. The minimum absolute atomic E-state index is 0.141. The van der Waals surface area contributed by atoms with Crippen LogP contribution in [0.1, 0.15) is 22.6 Å². The summed E-state index contributed by atoms with van der Waals surface area (Å²) in [5.74, 6) is 0.692. The van der Waals surface area contributed by atoms with Crippen LogP contribution < -0.4 is 4.74 Å². The zero-order valence-electron chi connectivity index (χ0n) is 15.7. The second-order valence-electron chi connectivity index (χ2n) is 6.78. The van der Waals surface area contributed by atoms with Crippen LogP contribution in [-0.4, -0.2) is 29.4 Å².